The van der Waals surface area contributed by atoms with Gasteiger partial charge in [-0.15, -0.1) is 11.6 Å². The van der Waals surface area contributed by atoms with E-state index in [1.54, 1.807) is 0 Å². The minimum absolute atomic E-state index is 0.0254. The molecule has 0 aliphatic heterocycles. The van der Waals surface area contributed by atoms with E-state index in [4.69, 9.17) is 11.6 Å². The van der Waals surface area contributed by atoms with E-state index in [-0.39, 0.29) is 5.38 Å². The lowest BCUT2D eigenvalue weighted by molar-refractivity contribution is 0.913. The van der Waals surface area contributed by atoms with Gasteiger partial charge in [0.25, 0.3) is 0 Å². The molecule has 2 aromatic rings. The fourth-order valence-corrected chi connectivity index (χ4v) is 3.47. The lowest BCUT2D eigenvalue weighted by atomic mass is 10.0. The normalized spacial score (nSPS) is 12.4. The van der Waals surface area contributed by atoms with Crippen molar-refractivity contribution < 1.29 is 0 Å². The summed E-state index contributed by atoms with van der Waals surface area (Å²) >= 11 is 12.3. The zero-order chi connectivity index (χ0) is 12.3. The van der Waals surface area contributed by atoms with Gasteiger partial charge in [0.2, 0.25) is 0 Å². The highest BCUT2D eigenvalue weighted by atomic mass is 127. The van der Waals surface area contributed by atoms with Crippen molar-refractivity contribution in [3.8, 4) is 0 Å². The maximum Gasteiger partial charge on any atom is 0.0635 e. The van der Waals surface area contributed by atoms with E-state index in [1.165, 1.54) is 14.7 Å². The Balaban J connectivity index is 2.17. The Morgan fingerprint density at radius 3 is 2.59 bits per heavy atom. The lowest BCUT2D eigenvalue weighted by Crippen LogP contribution is -1.98. The van der Waals surface area contributed by atoms with E-state index in [0.717, 1.165) is 10.9 Å². The molecule has 0 fully saturated rings. The van der Waals surface area contributed by atoms with Crippen LogP contribution in [0.5, 0.6) is 0 Å². The van der Waals surface area contributed by atoms with Crippen LogP contribution in [0.1, 0.15) is 16.5 Å². The number of hydrogen-bond acceptors (Lipinski definition) is 0. The molecule has 0 aliphatic rings. The van der Waals surface area contributed by atoms with Crippen molar-refractivity contribution in [2.45, 2.75) is 11.8 Å². The van der Waals surface area contributed by atoms with Crippen LogP contribution in [0.4, 0.5) is 0 Å². The summed E-state index contributed by atoms with van der Waals surface area (Å²) in [6.45, 7) is 0. The van der Waals surface area contributed by atoms with Crippen LogP contribution >= 0.6 is 50.1 Å². The van der Waals surface area contributed by atoms with Crippen molar-refractivity contribution in [1.29, 1.82) is 0 Å². The van der Waals surface area contributed by atoms with Gasteiger partial charge >= 0.3 is 0 Å². The molecule has 0 spiro atoms. The first-order valence-electron chi connectivity index (χ1n) is 5.30. The molecular weight excluding hydrogens is 410 g/mol. The molecule has 0 heterocycles. The van der Waals surface area contributed by atoms with Gasteiger partial charge in [-0.3, -0.25) is 0 Å². The molecule has 0 aromatic heterocycles. The van der Waals surface area contributed by atoms with Crippen molar-refractivity contribution >= 4 is 50.1 Å². The molecule has 0 aliphatic carbocycles. The summed E-state index contributed by atoms with van der Waals surface area (Å²) in [6.07, 6.45) is 0.848. The molecule has 0 saturated carbocycles. The summed E-state index contributed by atoms with van der Waals surface area (Å²) in [6, 6.07) is 16.5. The number of benzene rings is 2. The zero-order valence-corrected chi connectivity index (χ0v) is 13.5. The van der Waals surface area contributed by atoms with Gasteiger partial charge in [0.1, 0.15) is 0 Å². The van der Waals surface area contributed by atoms with Crippen molar-refractivity contribution in [2.75, 3.05) is 0 Å². The van der Waals surface area contributed by atoms with Crippen LogP contribution in [0.25, 0.3) is 0 Å². The van der Waals surface area contributed by atoms with E-state index in [0.29, 0.717) is 0 Å². The van der Waals surface area contributed by atoms with Gasteiger partial charge in [0, 0.05) is 8.04 Å². The molecule has 0 radical (unpaired) electrons. The number of rotatable bonds is 3. The maximum absolute atomic E-state index is 6.48. The standard InChI is InChI=1S/C14H11BrClI/c15-11-5-3-4-10(8-11)9-13(16)12-6-1-2-7-14(12)17/h1-8,13H,9H2. The highest BCUT2D eigenvalue weighted by Crippen LogP contribution is 2.29. The molecule has 1 atom stereocenters. The molecule has 0 bridgehead atoms. The minimum Gasteiger partial charge on any atom is -0.117 e. The van der Waals surface area contributed by atoms with Crippen molar-refractivity contribution in [1.82, 2.24) is 0 Å². The van der Waals surface area contributed by atoms with Gasteiger partial charge in [-0.1, -0.05) is 46.3 Å². The number of hydrogen-bond donors (Lipinski definition) is 0. The van der Waals surface area contributed by atoms with Crippen LogP contribution in [0.15, 0.2) is 53.0 Å². The van der Waals surface area contributed by atoms with Crippen molar-refractivity contribution in [2.24, 2.45) is 0 Å². The monoisotopic (exact) mass is 420 g/mol. The molecule has 0 nitrogen and oxygen atoms in total. The van der Waals surface area contributed by atoms with E-state index >= 15 is 0 Å². The Labute approximate surface area is 129 Å². The fraction of sp³-hybridized carbons (Fsp3) is 0.143. The van der Waals surface area contributed by atoms with E-state index < -0.39 is 0 Å². The largest absolute Gasteiger partial charge is 0.117 e. The first kappa shape index (κ1) is 13.4. The summed E-state index contributed by atoms with van der Waals surface area (Å²) in [4.78, 5) is 0. The smallest absolute Gasteiger partial charge is 0.0635 e. The van der Waals surface area contributed by atoms with Gasteiger partial charge in [-0.05, 0) is 58.3 Å². The second-order valence-electron chi connectivity index (χ2n) is 3.82. The molecule has 0 amide bonds. The number of halogens is 3. The summed E-state index contributed by atoms with van der Waals surface area (Å²) < 4.78 is 2.32. The minimum atomic E-state index is 0.0254. The molecule has 3 heteroatoms. The molecule has 2 rings (SSSR count). The zero-order valence-electron chi connectivity index (χ0n) is 9.04. The molecule has 0 N–H and O–H groups in total. The third-order valence-corrected chi connectivity index (χ3v) is 4.41. The van der Waals surface area contributed by atoms with Gasteiger partial charge in [0.05, 0.1) is 5.38 Å². The molecule has 1 unspecified atom stereocenters. The molecule has 2 aromatic carbocycles. The number of alkyl halides is 1. The average molecular weight is 422 g/mol. The van der Waals surface area contributed by atoms with Crippen LogP contribution in [0.3, 0.4) is 0 Å². The molecule has 17 heavy (non-hydrogen) atoms. The highest BCUT2D eigenvalue weighted by Gasteiger charge is 2.11. The van der Waals surface area contributed by atoms with Gasteiger partial charge in [0.15, 0.2) is 0 Å². The van der Waals surface area contributed by atoms with E-state index in [1.807, 2.05) is 24.3 Å². The van der Waals surface area contributed by atoms with Crippen LogP contribution in [0.2, 0.25) is 0 Å². The van der Waals surface area contributed by atoms with Crippen LogP contribution < -0.4 is 0 Å². The predicted molar refractivity (Wildman–Crippen MR) is 85.6 cm³/mol. The molecule has 0 saturated heterocycles. The van der Waals surface area contributed by atoms with Gasteiger partial charge in [-0.2, -0.15) is 0 Å². The Morgan fingerprint density at radius 2 is 1.88 bits per heavy atom. The Bertz CT molecular complexity index is 513. The second-order valence-corrected chi connectivity index (χ2v) is 6.43. The summed E-state index contributed by atoms with van der Waals surface area (Å²) in [5.41, 5.74) is 2.45. The maximum atomic E-state index is 6.48. The third kappa shape index (κ3) is 3.70. The van der Waals surface area contributed by atoms with Crippen molar-refractivity contribution in [3.05, 3.63) is 67.7 Å². The highest BCUT2D eigenvalue weighted by molar-refractivity contribution is 14.1. The predicted octanol–water partition coefficient (Wildman–Crippen LogP) is 5.58. The lowest BCUT2D eigenvalue weighted by Gasteiger charge is -2.12. The van der Waals surface area contributed by atoms with Gasteiger partial charge in [-0.25, -0.2) is 0 Å². The molecular formula is C14H11BrClI. The first-order valence-corrected chi connectivity index (χ1v) is 7.60. The van der Waals surface area contributed by atoms with Crippen LogP contribution in [0, 0.1) is 3.57 Å². The summed E-state index contributed by atoms with van der Waals surface area (Å²) in [5, 5.41) is 0.0254. The first-order chi connectivity index (χ1) is 8.16. The topological polar surface area (TPSA) is 0 Å². The summed E-state index contributed by atoms with van der Waals surface area (Å²) in [7, 11) is 0. The third-order valence-electron chi connectivity index (χ3n) is 2.55. The average Bonchev–Trinajstić information content (AvgIpc) is 2.29. The van der Waals surface area contributed by atoms with Crippen LogP contribution in [-0.2, 0) is 6.42 Å². The van der Waals surface area contributed by atoms with Crippen LogP contribution in [-0.4, -0.2) is 0 Å². The Morgan fingerprint density at radius 1 is 1.12 bits per heavy atom. The quantitative estimate of drug-likeness (QED) is 0.449. The van der Waals surface area contributed by atoms with E-state index in [2.05, 4.69) is 62.8 Å². The second kappa shape index (κ2) is 6.21. The Hall–Kier alpha value is -0.0600. The van der Waals surface area contributed by atoms with Gasteiger partial charge < -0.3 is 0 Å². The van der Waals surface area contributed by atoms with Crippen molar-refractivity contribution in [3.63, 3.8) is 0 Å². The SMILES string of the molecule is ClC(Cc1cccc(Br)c1)c1ccccc1I. The molecule has 88 valence electrons. The summed E-state index contributed by atoms with van der Waals surface area (Å²) in [5.74, 6) is 0. The van der Waals surface area contributed by atoms with E-state index in [9.17, 15) is 0 Å². The fourth-order valence-electron chi connectivity index (χ4n) is 1.71. The Kier molecular flexibility index (Phi) is 4.88.